The standard InChI is InChI=1S/C13H12N2O4/c1-8-2-4-9(5-3-8)6-10-12(18)15(7-11(16)17)13(19)14-10/h2-6H,7H2,1H3,(H,14,19)(H,16,17). The lowest BCUT2D eigenvalue weighted by atomic mass is 10.1. The quantitative estimate of drug-likeness (QED) is 0.626. The van der Waals surface area contributed by atoms with Crippen molar-refractivity contribution in [2.45, 2.75) is 6.92 Å². The normalized spacial score (nSPS) is 16.9. The van der Waals surface area contributed by atoms with Crippen LogP contribution in [-0.2, 0) is 9.59 Å². The van der Waals surface area contributed by atoms with Gasteiger partial charge in [-0.05, 0) is 18.6 Å². The number of imide groups is 1. The number of urea groups is 1. The van der Waals surface area contributed by atoms with E-state index >= 15 is 0 Å². The highest BCUT2D eigenvalue weighted by molar-refractivity contribution is 6.15. The van der Waals surface area contributed by atoms with Gasteiger partial charge in [0.25, 0.3) is 5.91 Å². The highest BCUT2D eigenvalue weighted by Gasteiger charge is 2.34. The molecule has 0 radical (unpaired) electrons. The molecule has 0 unspecified atom stereocenters. The average Bonchev–Trinajstić information content (AvgIpc) is 2.60. The Morgan fingerprint density at radius 1 is 1.32 bits per heavy atom. The number of carboxylic acids is 1. The largest absolute Gasteiger partial charge is 0.480 e. The van der Waals surface area contributed by atoms with Gasteiger partial charge in [0.05, 0.1) is 0 Å². The van der Waals surface area contributed by atoms with Crippen LogP contribution in [0.15, 0.2) is 30.0 Å². The van der Waals surface area contributed by atoms with Gasteiger partial charge < -0.3 is 10.4 Å². The Bertz CT molecular complexity index is 575. The van der Waals surface area contributed by atoms with E-state index in [4.69, 9.17) is 5.11 Å². The first-order valence-electron chi connectivity index (χ1n) is 5.60. The van der Waals surface area contributed by atoms with Gasteiger partial charge in [-0.2, -0.15) is 0 Å². The molecule has 98 valence electrons. The highest BCUT2D eigenvalue weighted by atomic mass is 16.4. The van der Waals surface area contributed by atoms with E-state index in [0.29, 0.717) is 4.90 Å². The summed E-state index contributed by atoms with van der Waals surface area (Å²) in [5.74, 6) is -1.87. The fourth-order valence-corrected chi connectivity index (χ4v) is 1.68. The number of aliphatic carboxylic acids is 1. The zero-order valence-corrected chi connectivity index (χ0v) is 10.2. The number of carbonyl (C=O) groups is 3. The number of amides is 3. The number of aryl methyl sites for hydroxylation is 1. The van der Waals surface area contributed by atoms with E-state index in [2.05, 4.69) is 5.32 Å². The number of hydrogen-bond donors (Lipinski definition) is 2. The van der Waals surface area contributed by atoms with Crippen molar-refractivity contribution < 1.29 is 19.5 Å². The van der Waals surface area contributed by atoms with Crippen molar-refractivity contribution in [3.8, 4) is 0 Å². The molecule has 1 aromatic rings. The van der Waals surface area contributed by atoms with Gasteiger partial charge in [-0.3, -0.25) is 9.59 Å². The minimum Gasteiger partial charge on any atom is -0.480 e. The van der Waals surface area contributed by atoms with Crippen LogP contribution in [0.1, 0.15) is 11.1 Å². The maximum absolute atomic E-state index is 11.8. The molecule has 6 nitrogen and oxygen atoms in total. The lowest BCUT2D eigenvalue weighted by molar-refractivity contribution is -0.140. The molecule has 0 atom stereocenters. The van der Waals surface area contributed by atoms with E-state index in [1.54, 1.807) is 0 Å². The monoisotopic (exact) mass is 260 g/mol. The molecule has 19 heavy (non-hydrogen) atoms. The first kappa shape index (κ1) is 12.8. The summed E-state index contributed by atoms with van der Waals surface area (Å²) < 4.78 is 0. The van der Waals surface area contributed by atoms with Crippen LogP contribution >= 0.6 is 0 Å². The van der Waals surface area contributed by atoms with Crippen LogP contribution in [0.3, 0.4) is 0 Å². The number of nitrogens with zero attached hydrogens (tertiary/aromatic N) is 1. The average molecular weight is 260 g/mol. The molecular weight excluding hydrogens is 248 g/mol. The van der Waals surface area contributed by atoms with Crippen molar-refractivity contribution in [1.29, 1.82) is 0 Å². The number of rotatable bonds is 3. The lowest BCUT2D eigenvalue weighted by Crippen LogP contribution is -2.35. The Morgan fingerprint density at radius 3 is 2.53 bits per heavy atom. The van der Waals surface area contributed by atoms with Crippen LogP contribution in [0.2, 0.25) is 0 Å². The zero-order chi connectivity index (χ0) is 14.0. The Hall–Kier alpha value is -2.63. The molecule has 1 aromatic carbocycles. The van der Waals surface area contributed by atoms with Crippen LogP contribution < -0.4 is 5.32 Å². The zero-order valence-electron chi connectivity index (χ0n) is 10.2. The minimum absolute atomic E-state index is 0.0788. The molecule has 0 saturated carbocycles. The molecule has 2 rings (SSSR count). The highest BCUT2D eigenvalue weighted by Crippen LogP contribution is 2.14. The third-order valence-electron chi connectivity index (χ3n) is 2.64. The molecular formula is C13H12N2O4. The van der Waals surface area contributed by atoms with Gasteiger partial charge in [0.2, 0.25) is 0 Å². The minimum atomic E-state index is -1.24. The van der Waals surface area contributed by atoms with Gasteiger partial charge in [0.1, 0.15) is 12.2 Å². The van der Waals surface area contributed by atoms with Crippen molar-refractivity contribution in [2.24, 2.45) is 0 Å². The van der Waals surface area contributed by atoms with Gasteiger partial charge in [0.15, 0.2) is 0 Å². The molecule has 1 saturated heterocycles. The van der Waals surface area contributed by atoms with Crippen molar-refractivity contribution in [1.82, 2.24) is 10.2 Å². The molecule has 0 spiro atoms. The summed E-state index contributed by atoms with van der Waals surface area (Å²) in [5.41, 5.74) is 1.91. The molecule has 1 aliphatic rings. The number of carboxylic acid groups (broad SMARTS) is 1. The Kier molecular flexibility index (Phi) is 3.33. The predicted octanol–water partition coefficient (Wildman–Crippen LogP) is 0.972. The fraction of sp³-hybridized carbons (Fsp3) is 0.154. The Labute approximate surface area is 109 Å². The maximum Gasteiger partial charge on any atom is 0.329 e. The molecule has 2 N–H and O–H groups in total. The van der Waals surface area contributed by atoms with E-state index in [9.17, 15) is 14.4 Å². The van der Waals surface area contributed by atoms with Crippen molar-refractivity contribution in [3.63, 3.8) is 0 Å². The number of carbonyl (C=O) groups excluding carboxylic acids is 2. The van der Waals surface area contributed by atoms with E-state index < -0.39 is 24.5 Å². The van der Waals surface area contributed by atoms with Gasteiger partial charge in [0, 0.05) is 0 Å². The Balaban J connectivity index is 2.23. The summed E-state index contributed by atoms with van der Waals surface area (Å²) >= 11 is 0. The second-order valence-electron chi connectivity index (χ2n) is 4.18. The maximum atomic E-state index is 11.8. The van der Waals surface area contributed by atoms with Crippen molar-refractivity contribution in [2.75, 3.05) is 6.54 Å². The summed E-state index contributed by atoms with van der Waals surface area (Å²) in [6, 6.07) is 6.65. The van der Waals surface area contributed by atoms with Crippen molar-refractivity contribution in [3.05, 3.63) is 41.1 Å². The summed E-state index contributed by atoms with van der Waals surface area (Å²) in [7, 11) is 0. The smallest absolute Gasteiger partial charge is 0.329 e. The third kappa shape index (κ3) is 2.79. The molecule has 0 aliphatic carbocycles. The van der Waals surface area contributed by atoms with Gasteiger partial charge >= 0.3 is 12.0 Å². The summed E-state index contributed by atoms with van der Waals surface area (Å²) in [4.78, 5) is 34.5. The molecule has 1 aliphatic heterocycles. The van der Waals surface area contributed by atoms with Crippen LogP contribution in [0.25, 0.3) is 6.08 Å². The summed E-state index contributed by atoms with van der Waals surface area (Å²) in [6.45, 7) is 1.30. The van der Waals surface area contributed by atoms with E-state index in [0.717, 1.165) is 11.1 Å². The molecule has 1 heterocycles. The Morgan fingerprint density at radius 2 is 1.95 bits per heavy atom. The third-order valence-corrected chi connectivity index (χ3v) is 2.64. The van der Waals surface area contributed by atoms with E-state index in [-0.39, 0.29) is 5.70 Å². The number of hydrogen-bond acceptors (Lipinski definition) is 3. The summed E-state index contributed by atoms with van der Waals surface area (Å²) in [6.07, 6.45) is 1.52. The SMILES string of the molecule is Cc1ccc(C=C2NC(=O)N(CC(=O)O)C2=O)cc1. The number of nitrogens with one attached hydrogen (secondary N) is 1. The van der Waals surface area contributed by atoms with Crippen LogP contribution in [0.5, 0.6) is 0 Å². The van der Waals surface area contributed by atoms with Crippen LogP contribution in [-0.4, -0.2) is 34.5 Å². The molecule has 0 bridgehead atoms. The molecule has 0 aromatic heterocycles. The fourth-order valence-electron chi connectivity index (χ4n) is 1.68. The molecule has 6 heteroatoms. The summed E-state index contributed by atoms with van der Waals surface area (Å²) in [5, 5.41) is 11.0. The van der Waals surface area contributed by atoms with Crippen LogP contribution in [0, 0.1) is 6.92 Å². The first-order chi connectivity index (χ1) is 8.97. The first-order valence-corrected chi connectivity index (χ1v) is 5.60. The lowest BCUT2D eigenvalue weighted by Gasteiger charge is -2.06. The van der Waals surface area contributed by atoms with Crippen molar-refractivity contribution >= 4 is 24.0 Å². The topological polar surface area (TPSA) is 86.7 Å². The predicted molar refractivity (Wildman–Crippen MR) is 67.0 cm³/mol. The second-order valence-corrected chi connectivity index (χ2v) is 4.18. The van der Waals surface area contributed by atoms with Gasteiger partial charge in [-0.15, -0.1) is 0 Å². The van der Waals surface area contributed by atoms with Gasteiger partial charge in [-0.25, -0.2) is 9.69 Å². The van der Waals surface area contributed by atoms with E-state index in [1.807, 2.05) is 31.2 Å². The van der Waals surface area contributed by atoms with Gasteiger partial charge in [-0.1, -0.05) is 29.8 Å². The molecule has 1 fully saturated rings. The number of benzene rings is 1. The second kappa shape index (κ2) is 4.93. The molecule has 3 amide bonds. The van der Waals surface area contributed by atoms with Crippen LogP contribution in [0.4, 0.5) is 4.79 Å². The van der Waals surface area contributed by atoms with E-state index in [1.165, 1.54) is 6.08 Å².